The van der Waals surface area contributed by atoms with Crippen LogP contribution in [-0.4, -0.2) is 46.7 Å². The first kappa shape index (κ1) is 13.5. The van der Waals surface area contributed by atoms with Crippen molar-refractivity contribution in [3.63, 3.8) is 0 Å². The van der Waals surface area contributed by atoms with Gasteiger partial charge in [-0.05, 0) is 12.1 Å². The fraction of sp³-hybridized carbons (Fsp3) is 0.429. The Kier molecular flexibility index (Phi) is 4.22. The molecule has 0 amide bonds. The zero-order valence-electron chi connectivity index (χ0n) is 11.4. The molecule has 0 spiro atoms. The highest BCUT2D eigenvalue weighted by molar-refractivity contribution is 7.99. The smallest absolute Gasteiger partial charge is 0.241 e. The van der Waals surface area contributed by atoms with Crippen molar-refractivity contribution in [3.8, 4) is 17.1 Å². The predicted molar refractivity (Wildman–Crippen MR) is 78.9 cm³/mol. The van der Waals surface area contributed by atoms with E-state index in [1.165, 1.54) is 11.5 Å². The molecule has 0 saturated carbocycles. The molecule has 106 valence electrons. The molecule has 1 aromatic heterocycles. The molecule has 1 fully saturated rings. The number of thioether (sulfide) groups is 1. The van der Waals surface area contributed by atoms with Crippen LogP contribution < -0.4 is 4.74 Å². The molecule has 1 aliphatic rings. The summed E-state index contributed by atoms with van der Waals surface area (Å²) in [5.74, 6) is 4.44. The number of hydrogen-bond donors (Lipinski definition) is 0. The molecular weight excluding hydrogens is 274 g/mol. The second kappa shape index (κ2) is 6.28. The Morgan fingerprint density at radius 1 is 1.35 bits per heavy atom. The molecule has 0 bridgehead atoms. The van der Waals surface area contributed by atoms with Crippen LogP contribution in [0, 0.1) is 0 Å². The summed E-state index contributed by atoms with van der Waals surface area (Å²) in [4.78, 5) is 6.81. The summed E-state index contributed by atoms with van der Waals surface area (Å²) < 4.78 is 10.6. The molecule has 5 nitrogen and oxygen atoms in total. The van der Waals surface area contributed by atoms with E-state index in [1.807, 2.05) is 36.0 Å². The van der Waals surface area contributed by atoms with Crippen LogP contribution in [0.4, 0.5) is 0 Å². The van der Waals surface area contributed by atoms with Crippen LogP contribution >= 0.6 is 11.8 Å². The maximum absolute atomic E-state index is 5.34. The summed E-state index contributed by atoms with van der Waals surface area (Å²) in [6.45, 7) is 2.90. The monoisotopic (exact) mass is 291 g/mol. The molecule has 6 heteroatoms. The molecule has 0 aliphatic carbocycles. The molecule has 1 aromatic carbocycles. The van der Waals surface area contributed by atoms with Crippen molar-refractivity contribution < 1.29 is 9.26 Å². The van der Waals surface area contributed by atoms with Crippen LogP contribution in [0.2, 0.25) is 0 Å². The number of ether oxygens (including phenoxy) is 1. The van der Waals surface area contributed by atoms with Crippen molar-refractivity contribution in [3.05, 3.63) is 30.2 Å². The van der Waals surface area contributed by atoms with Gasteiger partial charge in [0.2, 0.25) is 11.7 Å². The summed E-state index contributed by atoms with van der Waals surface area (Å²) in [5, 5.41) is 4.05. The van der Waals surface area contributed by atoms with Crippen LogP contribution in [0.3, 0.4) is 0 Å². The van der Waals surface area contributed by atoms with Crippen LogP contribution in [0.15, 0.2) is 28.8 Å². The zero-order valence-corrected chi connectivity index (χ0v) is 12.2. The highest BCUT2D eigenvalue weighted by Gasteiger charge is 2.15. The molecule has 0 radical (unpaired) electrons. The Morgan fingerprint density at radius 2 is 2.20 bits per heavy atom. The quantitative estimate of drug-likeness (QED) is 0.861. The number of benzene rings is 1. The summed E-state index contributed by atoms with van der Waals surface area (Å²) in [6, 6.07) is 7.68. The molecule has 0 unspecified atom stereocenters. The Bertz CT molecular complexity index is 567. The van der Waals surface area contributed by atoms with E-state index in [1.54, 1.807) is 7.11 Å². The molecular formula is C14H17N3O2S. The van der Waals surface area contributed by atoms with Gasteiger partial charge in [0, 0.05) is 30.2 Å². The molecule has 2 heterocycles. The summed E-state index contributed by atoms with van der Waals surface area (Å²) in [6.07, 6.45) is 0. The molecule has 0 N–H and O–H groups in total. The predicted octanol–water partition coefficient (Wildman–Crippen LogP) is 2.29. The van der Waals surface area contributed by atoms with Gasteiger partial charge in [-0.15, -0.1) is 0 Å². The van der Waals surface area contributed by atoms with Crippen LogP contribution in [0.25, 0.3) is 11.4 Å². The van der Waals surface area contributed by atoms with Gasteiger partial charge in [-0.1, -0.05) is 17.3 Å². The lowest BCUT2D eigenvalue weighted by Gasteiger charge is -2.24. The van der Waals surface area contributed by atoms with Crippen LogP contribution in [0.1, 0.15) is 5.89 Å². The second-order valence-electron chi connectivity index (χ2n) is 4.63. The lowest BCUT2D eigenvalue weighted by Crippen LogP contribution is -2.32. The Balaban J connectivity index is 1.72. The van der Waals surface area contributed by atoms with Crippen molar-refractivity contribution in [2.45, 2.75) is 6.54 Å². The van der Waals surface area contributed by atoms with E-state index in [9.17, 15) is 0 Å². The third kappa shape index (κ3) is 3.13. The van der Waals surface area contributed by atoms with E-state index >= 15 is 0 Å². The van der Waals surface area contributed by atoms with E-state index in [-0.39, 0.29) is 0 Å². The topological polar surface area (TPSA) is 51.4 Å². The SMILES string of the molecule is COc1cccc(-c2noc(CN3CCSCC3)n2)c1. The first-order valence-electron chi connectivity index (χ1n) is 6.62. The normalized spacial score (nSPS) is 16.2. The molecule has 3 rings (SSSR count). The van der Waals surface area contributed by atoms with E-state index in [0.29, 0.717) is 11.7 Å². The number of methoxy groups -OCH3 is 1. The minimum absolute atomic E-state index is 0.616. The van der Waals surface area contributed by atoms with Crippen molar-refractivity contribution in [2.24, 2.45) is 0 Å². The maximum atomic E-state index is 5.34. The average Bonchev–Trinajstić information content (AvgIpc) is 2.97. The Hall–Kier alpha value is -1.53. The van der Waals surface area contributed by atoms with Gasteiger partial charge >= 0.3 is 0 Å². The van der Waals surface area contributed by atoms with Crippen molar-refractivity contribution >= 4 is 11.8 Å². The van der Waals surface area contributed by atoms with Crippen LogP contribution in [-0.2, 0) is 6.54 Å². The third-order valence-electron chi connectivity index (χ3n) is 3.26. The lowest BCUT2D eigenvalue weighted by molar-refractivity contribution is 0.245. The summed E-state index contributed by atoms with van der Waals surface area (Å²) in [7, 11) is 1.65. The van der Waals surface area contributed by atoms with E-state index < -0.39 is 0 Å². The number of nitrogens with zero attached hydrogens (tertiary/aromatic N) is 3. The Morgan fingerprint density at radius 3 is 3.00 bits per heavy atom. The van der Waals surface area contributed by atoms with Crippen molar-refractivity contribution in [1.29, 1.82) is 0 Å². The number of hydrogen-bond acceptors (Lipinski definition) is 6. The first-order chi connectivity index (χ1) is 9.85. The average molecular weight is 291 g/mol. The van der Waals surface area contributed by atoms with Gasteiger partial charge in [-0.25, -0.2) is 0 Å². The number of aromatic nitrogens is 2. The van der Waals surface area contributed by atoms with Crippen molar-refractivity contribution in [2.75, 3.05) is 31.7 Å². The first-order valence-corrected chi connectivity index (χ1v) is 7.78. The van der Waals surface area contributed by atoms with Gasteiger partial charge in [-0.2, -0.15) is 16.7 Å². The third-order valence-corrected chi connectivity index (χ3v) is 4.20. The number of rotatable bonds is 4. The largest absolute Gasteiger partial charge is 0.497 e. The fourth-order valence-electron chi connectivity index (χ4n) is 2.15. The van der Waals surface area contributed by atoms with Gasteiger partial charge in [0.25, 0.3) is 0 Å². The minimum atomic E-state index is 0.616. The molecule has 1 aliphatic heterocycles. The van der Waals surface area contributed by atoms with E-state index in [4.69, 9.17) is 9.26 Å². The molecule has 2 aromatic rings. The molecule has 0 atom stereocenters. The van der Waals surface area contributed by atoms with E-state index in [2.05, 4.69) is 15.0 Å². The van der Waals surface area contributed by atoms with Crippen molar-refractivity contribution in [1.82, 2.24) is 15.0 Å². The highest BCUT2D eigenvalue weighted by Crippen LogP contribution is 2.21. The molecule has 1 saturated heterocycles. The van der Waals surface area contributed by atoms with Gasteiger partial charge in [0.1, 0.15) is 5.75 Å². The Labute approximate surface area is 122 Å². The van der Waals surface area contributed by atoms with Gasteiger partial charge < -0.3 is 9.26 Å². The summed E-state index contributed by atoms with van der Waals surface area (Å²) in [5.41, 5.74) is 0.911. The van der Waals surface area contributed by atoms with Gasteiger partial charge in [0.05, 0.1) is 13.7 Å². The van der Waals surface area contributed by atoms with Gasteiger partial charge in [-0.3, -0.25) is 4.90 Å². The van der Waals surface area contributed by atoms with E-state index in [0.717, 1.165) is 30.9 Å². The van der Waals surface area contributed by atoms with Gasteiger partial charge in [0.15, 0.2) is 0 Å². The second-order valence-corrected chi connectivity index (χ2v) is 5.86. The standard InChI is InChI=1S/C14H17N3O2S/c1-18-12-4-2-3-11(9-12)14-15-13(19-16-14)10-17-5-7-20-8-6-17/h2-4,9H,5-8,10H2,1H3. The lowest BCUT2D eigenvalue weighted by atomic mass is 10.2. The fourth-order valence-corrected chi connectivity index (χ4v) is 3.13. The highest BCUT2D eigenvalue weighted by atomic mass is 32.2. The molecule has 20 heavy (non-hydrogen) atoms. The van der Waals surface area contributed by atoms with Crippen LogP contribution in [0.5, 0.6) is 5.75 Å². The summed E-state index contributed by atoms with van der Waals surface area (Å²) >= 11 is 1.99. The maximum Gasteiger partial charge on any atom is 0.241 e. The zero-order chi connectivity index (χ0) is 13.8. The minimum Gasteiger partial charge on any atom is -0.497 e.